The van der Waals surface area contributed by atoms with E-state index in [0.717, 1.165) is 60.2 Å². The summed E-state index contributed by atoms with van der Waals surface area (Å²) >= 11 is 1.58. The largest absolute Gasteiger partial charge is 0.465 e. The molecule has 46 heavy (non-hydrogen) atoms. The number of aromatic nitrogens is 1. The average Bonchev–Trinajstić information content (AvgIpc) is 3.61. The number of amides is 4. The highest BCUT2D eigenvalue weighted by molar-refractivity contribution is 7.13. The van der Waals surface area contributed by atoms with Crippen molar-refractivity contribution in [2.24, 2.45) is 5.41 Å². The van der Waals surface area contributed by atoms with Gasteiger partial charge < -0.3 is 31.1 Å². The molecule has 0 saturated carbocycles. The molecule has 1 aromatic carbocycles. The second-order valence-electron chi connectivity index (χ2n) is 13.3. The molecular formula is C34H51N5O6S. The van der Waals surface area contributed by atoms with E-state index in [1.54, 1.807) is 11.3 Å². The fraction of sp³-hybridized carbons (Fsp3) is 0.618. The Kier molecular flexibility index (Phi) is 14.0. The number of carbonyl (C=O) groups is 4. The fourth-order valence-electron chi connectivity index (χ4n) is 5.74. The maximum Gasteiger partial charge on any atom is 0.404 e. The number of nitrogens with one attached hydrogen (secondary N) is 3. The molecule has 3 rings (SSSR count). The molecule has 4 atom stereocenters. The van der Waals surface area contributed by atoms with Crippen LogP contribution in [0.2, 0.25) is 0 Å². The lowest BCUT2D eigenvalue weighted by molar-refractivity contribution is -0.144. The lowest BCUT2D eigenvalue weighted by Crippen LogP contribution is -2.57. The van der Waals surface area contributed by atoms with Crippen LogP contribution < -0.4 is 16.0 Å². The number of carboxylic acid groups (broad SMARTS) is 1. The van der Waals surface area contributed by atoms with Gasteiger partial charge in [0.25, 0.3) is 0 Å². The summed E-state index contributed by atoms with van der Waals surface area (Å²) in [6.45, 7) is 9.99. The van der Waals surface area contributed by atoms with E-state index < -0.39 is 29.7 Å². The average molecular weight is 658 g/mol. The van der Waals surface area contributed by atoms with Gasteiger partial charge in [-0.1, -0.05) is 77.1 Å². The van der Waals surface area contributed by atoms with E-state index in [0.29, 0.717) is 19.4 Å². The molecular weight excluding hydrogens is 606 g/mol. The van der Waals surface area contributed by atoms with Gasteiger partial charge in [0.1, 0.15) is 12.1 Å². The van der Waals surface area contributed by atoms with Crippen molar-refractivity contribution >= 4 is 35.2 Å². The number of thiazole rings is 1. The Labute approximate surface area is 276 Å². The van der Waals surface area contributed by atoms with E-state index >= 15 is 0 Å². The highest BCUT2D eigenvalue weighted by atomic mass is 32.1. The van der Waals surface area contributed by atoms with Gasteiger partial charge in [-0.3, -0.25) is 14.4 Å². The standard InChI is InChI=1S/C34H51N5O6S/c1-22(24-14-16-25(17-15-24)29-23(2)36-21-46-29)37-31(42)27-19-26(40)20-39(27)32(43)30(34(3,4)5)38-28(41)13-11-9-7-6-8-10-12-18-35-33(44)45/h14-17,21-22,26-27,30,35,40H,6-13,18-20H2,1-5H3,(H,37,42)(H,38,41)(H,44,45)/t22-,26+,27-,30?/m0/s1. The van der Waals surface area contributed by atoms with Gasteiger partial charge in [-0.2, -0.15) is 0 Å². The van der Waals surface area contributed by atoms with Gasteiger partial charge in [-0.05, 0) is 43.2 Å². The quantitative estimate of drug-likeness (QED) is 0.156. The number of carbonyl (C=O) groups excluding carboxylic acids is 3. The molecule has 2 heterocycles. The van der Waals surface area contributed by atoms with Crippen LogP contribution in [0.15, 0.2) is 29.8 Å². The summed E-state index contributed by atoms with van der Waals surface area (Å²) in [6.07, 6.45) is 4.99. The minimum Gasteiger partial charge on any atom is -0.465 e. The molecule has 0 spiro atoms. The first-order valence-corrected chi connectivity index (χ1v) is 17.2. The molecule has 4 amide bonds. The molecule has 2 aromatic rings. The van der Waals surface area contributed by atoms with Crippen molar-refractivity contribution in [3.05, 3.63) is 41.0 Å². The second-order valence-corrected chi connectivity index (χ2v) is 14.2. The Morgan fingerprint density at radius 3 is 2.22 bits per heavy atom. The van der Waals surface area contributed by atoms with Gasteiger partial charge in [-0.25, -0.2) is 9.78 Å². The van der Waals surface area contributed by atoms with Crippen molar-refractivity contribution in [3.8, 4) is 10.4 Å². The number of rotatable bonds is 16. The predicted octanol–water partition coefficient (Wildman–Crippen LogP) is 5.18. The molecule has 1 aromatic heterocycles. The number of β-amino-alcohol motifs (C(OH)–C–C–N with tert-alkyl or cyclic N) is 1. The molecule has 1 unspecified atom stereocenters. The maximum absolute atomic E-state index is 13.9. The predicted molar refractivity (Wildman–Crippen MR) is 179 cm³/mol. The lowest BCUT2D eigenvalue weighted by atomic mass is 9.85. The van der Waals surface area contributed by atoms with Crippen molar-refractivity contribution in [1.29, 1.82) is 0 Å². The van der Waals surface area contributed by atoms with Gasteiger partial charge in [-0.15, -0.1) is 11.3 Å². The van der Waals surface area contributed by atoms with Crippen molar-refractivity contribution in [2.75, 3.05) is 13.1 Å². The summed E-state index contributed by atoms with van der Waals surface area (Å²) in [5, 5.41) is 27.4. The van der Waals surface area contributed by atoms with Crippen LogP contribution in [0.5, 0.6) is 0 Å². The molecule has 0 radical (unpaired) electrons. The number of aliphatic hydroxyl groups excluding tert-OH is 1. The Hall–Kier alpha value is -3.51. The number of unbranched alkanes of at least 4 members (excludes halogenated alkanes) is 6. The molecule has 254 valence electrons. The third kappa shape index (κ3) is 11.1. The molecule has 1 aliphatic heterocycles. The monoisotopic (exact) mass is 657 g/mol. The summed E-state index contributed by atoms with van der Waals surface area (Å²) in [5.41, 5.74) is 4.17. The summed E-state index contributed by atoms with van der Waals surface area (Å²) < 4.78 is 0. The van der Waals surface area contributed by atoms with Crippen molar-refractivity contribution in [3.63, 3.8) is 0 Å². The van der Waals surface area contributed by atoms with Crippen LogP contribution in [-0.4, -0.2) is 75.2 Å². The van der Waals surface area contributed by atoms with Crippen LogP contribution in [0, 0.1) is 12.3 Å². The zero-order valence-electron chi connectivity index (χ0n) is 27.8. The fourth-order valence-corrected chi connectivity index (χ4v) is 6.55. The van der Waals surface area contributed by atoms with Crippen molar-refractivity contribution in [1.82, 2.24) is 25.8 Å². The van der Waals surface area contributed by atoms with Crippen LogP contribution >= 0.6 is 11.3 Å². The molecule has 0 aliphatic carbocycles. The first-order valence-electron chi connectivity index (χ1n) is 16.3. The van der Waals surface area contributed by atoms with E-state index in [-0.39, 0.29) is 36.7 Å². The van der Waals surface area contributed by atoms with Gasteiger partial charge in [0.2, 0.25) is 17.7 Å². The van der Waals surface area contributed by atoms with E-state index in [4.69, 9.17) is 5.11 Å². The van der Waals surface area contributed by atoms with Gasteiger partial charge in [0.15, 0.2) is 0 Å². The van der Waals surface area contributed by atoms with E-state index in [2.05, 4.69) is 20.9 Å². The van der Waals surface area contributed by atoms with Gasteiger partial charge in [0.05, 0.1) is 28.2 Å². The summed E-state index contributed by atoms with van der Waals surface area (Å²) in [6, 6.07) is 5.96. The number of benzene rings is 1. The molecule has 1 saturated heterocycles. The molecule has 1 fully saturated rings. The lowest BCUT2D eigenvalue weighted by Gasteiger charge is -2.35. The van der Waals surface area contributed by atoms with E-state index in [1.807, 2.05) is 64.4 Å². The number of nitrogens with zero attached hydrogens (tertiary/aromatic N) is 2. The Morgan fingerprint density at radius 2 is 1.63 bits per heavy atom. The van der Waals surface area contributed by atoms with Gasteiger partial charge in [0, 0.05) is 25.9 Å². The number of likely N-dealkylation sites (tertiary alicyclic amines) is 1. The third-order valence-corrected chi connectivity index (χ3v) is 9.39. The molecule has 0 bridgehead atoms. The summed E-state index contributed by atoms with van der Waals surface area (Å²) in [4.78, 5) is 57.6. The summed E-state index contributed by atoms with van der Waals surface area (Å²) in [5.74, 6) is -0.914. The van der Waals surface area contributed by atoms with Crippen LogP contribution in [0.3, 0.4) is 0 Å². The van der Waals surface area contributed by atoms with Crippen LogP contribution in [0.4, 0.5) is 4.79 Å². The summed E-state index contributed by atoms with van der Waals surface area (Å²) in [7, 11) is 0. The van der Waals surface area contributed by atoms with Crippen LogP contribution in [0.25, 0.3) is 10.4 Å². The normalized spacial score (nSPS) is 17.7. The molecule has 11 nitrogen and oxygen atoms in total. The highest BCUT2D eigenvalue weighted by Crippen LogP contribution is 2.29. The number of aliphatic hydroxyl groups is 1. The molecule has 1 aliphatic rings. The third-order valence-electron chi connectivity index (χ3n) is 8.42. The zero-order chi connectivity index (χ0) is 33.9. The molecule has 12 heteroatoms. The van der Waals surface area contributed by atoms with Crippen LogP contribution in [-0.2, 0) is 14.4 Å². The second kappa shape index (κ2) is 17.4. The van der Waals surface area contributed by atoms with Gasteiger partial charge >= 0.3 is 6.09 Å². The number of hydrogen-bond donors (Lipinski definition) is 5. The number of aryl methyl sites for hydroxylation is 1. The van der Waals surface area contributed by atoms with Crippen LogP contribution in [0.1, 0.15) is 103 Å². The molecule has 5 N–H and O–H groups in total. The van der Waals surface area contributed by atoms with E-state index in [9.17, 15) is 24.3 Å². The minimum atomic E-state index is -0.997. The SMILES string of the molecule is Cc1ncsc1-c1ccc([C@H](C)NC(=O)[C@@H]2C[C@@H](O)CN2C(=O)C(NC(=O)CCCCCCCCCNC(=O)O)C(C)(C)C)cc1. The smallest absolute Gasteiger partial charge is 0.404 e. The topological polar surface area (TPSA) is 161 Å². The van der Waals surface area contributed by atoms with Crippen molar-refractivity contribution in [2.45, 2.75) is 117 Å². The Bertz CT molecular complexity index is 1310. The minimum absolute atomic E-state index is 0.0308. The highest BCUT2D eigenvalue weighted by Gasteiger charge is 2.44. The Balaban J connectivity index is 1.51. The Morgan fingerprint density at radius 1 is 1.00 bits per heavy atom. The zero-order valence-corrected chi connectivity index (χ0v) is 28.6. The van der Waals surface area contributed by atoms with Crippen molar-refractivity contribution < 1.29 is 29.4 Å². The maximum atomic E-state index is 13.9. The van der Waals surface area contributed by atoms with E-state index in [1.165, 1.54) is 4.90 Å². The number of hydrogen-bond acceptors (Lipinski definition) is 7. The first kappa shape index (κ1) is 37.0. The first-order chi connectivity index (χ1) is 21.8.